The lowest BCUT2D eigenvalue weighted by Gasteiger charge is -2.19. The number of nitrogens with zero attached hydrogens (tertiary/aromatic N) is 1. The van der Waals surface area contributed by atoms with Crippen molar-refractivity contribution in [2.24, 2.45) is 0 Å². The average molecular weight is 361 g/mol. The molecule has 3 nitrogen and oxygen atoms in total. The summed E-state index contributed by atoms with van der Waals surface area (Å²) in [7, 11) is 1.99. The molecular formula is C24H28N2O. The summed E-state index contributed by atoms with van der Waals surface area (Å²) in [5.74, 6) is 0.0360. The van der Waals surface area contributed by atoms with E-state index < -0.39 is 0 Å². The largest absolute Gasteiger partial charge is 0.324 e. The van der Waals surface area contributed by atoms with Gasteiger partial charge in [-0.25, -0.2) is 0 Å². The zero-order chi connectivity index (χ0) is 19.2. The molecule has 0 fully saturated rings. The summed E-state index contributed by atoms with van der Waals surface area (Å²) < 4.78 is 0. The fourth-order valence-electron chi connectivity index (χ4n) is 3.53. The Labute approximate surface area is 162 Å². The van der Waals surface area contributed by atoms with Gasteiger partial charge in [0.1, 0.15) is 0 Å². The number of hydrogen-bond acceptors (Lipinski definition) is 2. The first-order valence-corrected chi connectivity index (χ1v) is 9.67. The standard InChI is InChI=1S/C24H28N2O/c1-4-19-11-8-12-20(5-2)24(19)25-23(27)17-26(3)16-18-13-14-21-9-6-7-10-22(21)15-18/h6-15H,4-5,16-17H2,1-3H3,(H,25,27). The molecule has 0 atom stereocenters. The summed E-state index contributed by atoms with van der Waals surface area (Å²) >= 11 is 0. The van der Waals surface area contributed by atoms with Crippen molar-refractivity contribution in [3.63, 3.8) is 0 Å². The van der Waals surface area contributed by atoms with Crippen LogP contribution in [0.5, 0.6) is 0 Å². The highest BCUT2D eigenvalue weighted by atomic mass is 16.2. The predicted molar refractivity (Wildman–Crippen MR) is 114 cm³/mol. The zero-order valence-corrected chi connectivity index (χ0v) is 16.5. The molecule has 3 aromatic rings. The zero-order valence-electron chi connectivity index (χ0n) is 16.5. The second kappa shape index (κ2) is 8.83. The first kappa shape index (κ1) is 19.1. The van der Waals surface area contributed by atoms with Gasteiger partial charge < -0.3 is 5.32 Å². The number of para-hydroxylation sites is 1. The Morgan fingerprint density at radius 1 is 0.889 bits per heavy atom. The van der Waals surface area contributed by atoms with Crippen LogP contribution in [0, 0.1) is 0 Å². The number of rotatable bonds is 7. The molecule has 0 saturated carbocycles. The molecule has 0 aliphatic carbocycles. The second-order valence-corrected chi connectivity index (χ2v) is 7.06. The number of carbonyl (C=O) groups excluding carboxylic acids is 1. The van der Waals surface area contributed by atoms with E-state index >= 15 is 0 Å². The number of amides is 1. The van der Waals surface area contributed by atoms with Gasteiger partial charge in [0.05, 0.1) is 6.54 Å². The van der Waals surface area contributed by atoms with Crippen LogP contribution in [-0.2, 0) is 24.2 Å². The van der Waals surface area contributed by atoms with Gasteiger partial charge in [0.25, 0.3) is 0 Å². The third-order valence-electron chi connectivity index (χ3n) is 4.94. The Morgan fingerprint density at radius 3 is 2.22 bits per heavy atom. The van der Waals surface area contributed by atoms with Gasteiger partial charge >= 0.3 is 0 Å². The maximum absolute atomic E-state index is 12.6. The van der Waals surface area contributed by atoms with E-state index in [-0.39, 0.29) is 5.91 Å². The number of aryl methyl sites for hydroxylation is 2. The third kappa shape index (κ3) is 4.75. The lowest BCUT2D eigenvalue weighted by molar-refractivity contribution is -0.117. The van der Waals surface area contributed by atoms with Crippen LogP contribution in [-0.4, -0.2) is 24.4 Å². The maximum Gasteiger partial charge on any atom is 0.238 e. The van der Waals surface area contributed by atoms with Crippen molar-refractivity contribution in [3.05, 3.63) is 77.4 Å². The minimum absolute atomic E-state index is 0.0360. The van der Waals surface area contributed by atoms with Gasteiger partial charge in [0, 0.05) is 12.2 Å². The fraction of sp³-hybridized carbons (Fsp3) is 0.292. The molecule has 3 heteroatoms. The number of benzene rings is 3. The van der Waals surface area contributed by atoms with Crippen LogP contribution in [0.2, 0.25) is 0 Å². The van der Waals surface area contributed by atoms with E-state index in [1.165, 1.54) is 27.5 Å². The maximum atomic E-state index is 12.6. The monoisotopic (exact) mass is 360 g/mol. The molecule has 0 saturated heterocycles. The van der Waals surface area contributed by atoms with E-state index in [1.54, 1.807) is 0 Å². The number of fused-ring (bicyclic) bond motifs is 1. The molecule has 0 aliphatic heterocycles. The lowest BCUT2D eigenvalue weighted by atomic mass is 10.0. The minimum Gasteiger partial charge on any atom is -0.324 e. The van der Waals surface area contributed by atoms with Gasteiger partial charge in [0.2, 0.25) is 5.91 Å². The molecule has 1 N–H and O–H groups in total. The summed E-state index contributed by atoms with van der Waals surface area (Å²) in [6.45, 7) is 5.36. The van der Waals surface area contributed by atoms with E-state index in [4.69, 9.17) is 0 Å². The highest BCUT2D eigenvalue weighted by molar-refractivity contribution is 5.93. The summed E-state index contributed by atoms with van der Waals surface area (Å²) in [6.07, 6.45) is 1.83. The average Bonchev–Trinajstić information content (AvgIpc) is 2.67. The van der Waals surface area contributed by atoms with Gasteiger partial charge in [-0.1, -0.05) is 68.4 Å². The van der Waals surface area contributed by atoms with Crippen molar-refractivity contribution in [3.8, 4) is 0 Å². The van der Waals surface area contributed by atoms with Crippen molar-refractivity contribution in [1.29, 1.82) is 0 Å². The first-order chi connectivity index (χ1) is 13.1. The number of likely N-dealkylation sites (N-methyl/N-ethyl adjacent to an activating group) is 1. The van der Waals surface area contributed by atoms with Gasteiger partial charge in [0.15, 0.2) is 0 Å². The molecule has 0 aliphatic rings. The molecule has 1 amide bonds. The van der Waals surface area contributed by atoms with E-state index in [0.717, 1.165) is 25.1 Å². The number of anilines is 1. The Hall–Kier alpha value is -2.65. The Balaban J connectivity index is 1.65. The molecule has 3 rings (SSSR count). The van der Waals surface area contributed by atoms with Gasteiger partial charge in [-0.2, -0.15) is 0 Å². The van der Waals surface area contributed by atoms with Gasteiger partial charge in [-0.05, 0) is 53.4 Å². The van der Waals surface area contributed by atoms with Crippen LogP contribution in [0.1, 0.15) is 30.5 Å². The smallest absolute Gasteiger partial charge is 0.238 e. The van der Waals surface area contributed by atoms with Gasteiger partial charge in [-0.15, -0.1) is 0 Å². The number of nitrogens with one attached hydrogen (secondary N) is 1. The second-order valence-electron chi connectivity index (χ2n) is 7.06. The molecule has 3 aromatic carbocycles. The Kier molecular flexibility index (Phi) is 6.25. The topological polar surface area (TPSA) is 32.3 Å². The normalized spacial score (nSPS) is 11.1. The van der Waals surface area contributed by atoms with Crippen LogP contribution in [0.3, 0.4) is 0 Å². The lowest BCUT2D eigenvalue weighted by Crippen LogP contribution is -2.30. The molecule has 0 bridgehead atoms. The predicted octanol–water partition coefficient (Wildman–Crippen LogP) is 5.04. The van der Waals surface area contributed by atoms with Crippen LogP contribution >= 0.6 is 0 Å². The fourth-order valence-corrected chi connectivity index (χ4v) is 3.53. The quantitative estimate of drug-likeness (QED) is 0.640. The number of carbonyl (C=O) groups is 1. The van der Waals surface area contributed by atoms with E-state index in [1.807, 2.05) is 7.05 Å². The summed E-state index contributed by atoms with van der Waals surface area (Å²) in [6, 6.07) is 21.1. The molecule has 0 spiro atoms. The molecule has 0 aromatic heterocycles. The third-order valence-corrected chi connectivity index (χ3v) is 4.94. The van der Waals surface area contributed by atoms with Crippen LogP contribution in [0.25, 0.3) is 10.8 Å². The van der Waals surface area contributed by atoms with Gasteiger partial charge in [-0.3, -0.25) is 9.69 Å². The van der Waals surface area contributed by atoms with E-state index in [9.17, 15) is 4.79 Å². The van der Waals surface area contributed by atoms with Crippen molar-refractivity contribution in [2.75, 3.05) is 18.9 Å². The van der Waals surface area contributed by atoms with Crippen molar-refractivity contribution in [2.45, 2.75) is 33.2 Å². The summed E-state index contributed by atoms with van der Waals surface area (Å²) in [5, 5.41) is 5.62. The SMILES string of the molecule is CCc1cccc(CC)c1NC(=O)CN(C)Cc1ccc2ccccc2c1. The minimum atomic E-state index is 0.0360. The molecular weight excluding hydrogens is 332 g/mol. The van der Waals surface area contributed by atoms with Crippen LogP contribution < -0.4 is 5.32 Å². The summed E-state index contributed by atoms with van der Waals surface area (Å²) in [4.78, 5) is 14.7. The van der Waals surface area contributed by atoms with E-state index in [0.29, 0.717) is 6.54 Å². The van der Waals surface area contributed by atoms with Crippen molar-refractivity contribution in [1.82, 2.24) is 4.90 Å². The molecule has 27 heavy (non-hydrogen) atoms. The highest BCUT2D eigenvalue weighted by Crippen LogP contribution is 2.22. The first-order valence-electron chi connectivity index (χ1n) is 9.67. The highest BCUT2D eigenvalue weighted by Gasteiger charge is 2.12. The molecule has 0 heterocycles. The van der Waals surface area contributed by atoms with Crippen molar-refractivity contribution < 1.29 is 4.79 Å². The molecule has 140 valence electrons. The Morgan fingerprint density at radius 2 is 1.56 bits per heavy atom. The van der Waals surface area contributed by atoms with Crippen molar-refractivity contribution >= 4 is 22.4 Å². The number of hydrogen-bond donors (Lipinski definition) is 1. The summed E-state index contributed by atoms with van der Waals surface area (Å²) in [5.41, 5.74) is 4.60. The van der Waals surface area contributed by atoms with E-state index in [2.05, 4.69) is 84.7 Å². The van der Waals surface area contributed by atoms with Crippen LogP contribution in [0.15, 0.2) is 60.7 Å². The molecule has 0 radical (unpaired) electrons. The Bertz CT molecular complexity index is 910. The van der Waals surface area contributed by atoms with Crippen LogP contribution in [0.4, 0.5) is 5.69 Å². The molecule has 0 unspecified atom stereocenters.